The first-order valence-corrected chi connectivity index (χ1v) is 5.56. The molecule has 1 fully saturated rings. The molecule has 0 unspecified atom stereocenters. The second-order valence-electron chi connectivity index (χ2n) is 4.19. The minimum atomic E-state index is -0.787. The van der Waals surface area contributed by atoms with Crippen molar-refractivity contribution in [3.63, 3.8) is 0 Å². The third-order valence-electron chi connectivity index (χ3n) is 2.99. The molecule has 86 valence electrons. The highest BCUT2D eigenvalue weighted by Gasteiger charge is 2.42. The van der Waals surface area contributed by atoms with Gasteiger partial charge in [-0.1, -0.05) is 23.7 Å². The first-order valence-electron chi connectivity index (χ1n) is 5.18. The van der Waals surface area contributed by atoms with E-state index in [1.54, 1.807) is 6.07 Å². The second-order valence-corrected chi connectivity index (χ2v) is 4.63. The number of carboxylic acids is 1. The van der Waals surface area contributed by atoms with Crippen molar-refractivity contribution in [3.8, 4) is 0 Å². The van der Waals surface area contributed by atoms with Gasteiger partial charge in [-0.2, -0.15) is 0 Å². The lowest BCUT2D eigenvalue weighted by Crippen LogP contribution is -2.33. The summed E-state index contributed by atoms with van der Waals surface area (Å²) in [7, 11) is 0. The van der Waals surface area contributed by atoms with Gasteiger partial charge >= 0.3 is 5.97 Å². The molecule has 1 aliphatic heterocycles. The van der Waals surface area contributed by atoms with Crippen LogP contribution in [-0.4, -0.2) is 24.3 Å². The van der Waals surface area contributed by atoms with Crippen molar-refractivity contribution in [1.82, 2.24) is 0 Å². The molecule has 1 aromatic carbocycles. The van der Waals surface area contributed by atoms with E-state index >= 15 is 0 Å². The van der Waals surface area contributed by atoms with Gasteiger partial charge in [-0.15, -0.1) is 0 Å². The van der Waals surface area contributed by atoms with Crippen LogP contribution in [0.2, 0.25) is 5.02 Å². The maximum atomic E-state index is 11.3. The van der Waals surface area contributed by atoms with Crippen molar-refractivity contribution in [2.24, 2.45) is 5.41 Å². The third kappa shape index (κ3) is 2.20. The maximum absolute atomic E-state index is 11.3. The molecule has 0 amide bonds. The van der Waals surface area contributed by atoms with Crippen LogP contribution in [0.1, 0.15) is 12.0 Å². The average Bonchev–Trinajstić information content (AvgIpc) is 2.67. The number of aliphatic carboxylic acids is 1. The monoisotopic (exact) mass is 240 g/mol. The van der Waals surface area contributed by atoms with Gasteiger partial charge in [-0.25, -0.2) is 0 Å². The van der Waals surface area contributed by atoms with Gasteiger partial charge in [-0.05, 0) is 30.5 Å². The van der Waals surface area contributed by atoms with Gasteiger partial charge in [0.1, 0.15) is 0 Å². The zero-order chi connectivity index (χ0) is 11.6. The molecule has 1 aliphatic rings. The first kappa shape index (κ1) is 11.4. The molecule has 1 saturated heterocycles. The molecular weight excluding hydrogens is 228 g/mol. The van der Waals surface area contributed by atoms with Crippen LogP contribution in [0, 0.1) is 5.41 Å². The molecule has 0 spiro atoms. The van der Waals surface area contributed by atoms with E-state index in [4.69, 9.17) is 16.3 Å². The van der Waals surface area contributed by atoms with E-state index in [9.17, 15) is 9.90 Å². The van der Waals surface area contributed by atoms with Crippen molar-refractivity contribution in [3.05, 3.63) is 34.9 Å². The molecular formula is C12H13ClO3. The Morgan fingerprint density at radius 2 is 2.38 bits per heavy atom. The highest BCUT2D eigenvalue weighted by atomic mass is 35.5. The summed E-state index contributed by atoms with van der Waals surface area (Å²) in [5, 5.41) is 9.92. The van der Waals surface area contributed by atoms with Crippen LogP contribution in [0.5, 0.6) is 0 Å². The first-order chi connectivity index (χ1) is 7.62. The van der Waals surface area contributed by atoms with Gasteiger partial charge in [0.25, 0.3) is 0 Å². The van der Waals surface area contributed by atoms with Crippen molar-refractivity contribution < 1.29 is 14.6 Å². The predicted molar refractivity (Wildman–Crippen MR) is 60.7 cm³/mol. The maximum Gasteiger partial charge on any atom is 0.312 e. The zero-order valence-electron chi connectivity index (χ0n) is 8.78. The molecule has 1 heterocycles. The number of ether oxygens (including phenoxy) is 1. The van der Waals surface area contributed by atoms with Crippen molar-refractivity contribution in [2.75, 3.05) is 13.2 Å². The molecule has 1 atom stereocenters. The summed E-state index contributed by atoms with van der Waals surface area (Å²) in [6, 6.07) is 7.33. The number of carbonyl (C=O) groups is 1. The average molecular weight is 241 g/mol. The number of halogens is 1. The summed E-state index contributed by atoms with van der Waals surface area (Å²) in [6.45, 7) is 0.807. The summed E-state index contributed by atoms with van der Waals surface area (Å²) >= 11 is 5.88. The van der Waals surface area contributed by atoms with E-state index in [1.807, 2.05) is 18.2 Å². The van der Waals surface area contributed by atoms with Crippen LogP contribution in [0.25, 0.3) is 0 Å². The van der Waals surface area contributed by atoms with Crippen LogP contribution in [0.3, 0.4) is 0 Å². The van der Waals surface area contributed by atoms with E-state index in [0.29, 0.717) is 24.5 Å². The standard InChI is InChI=1S/C12H13ClO3/c13-10-3-1-2-9(6-10)7-12(11(14)15)4-5-16-8-12/h1-3,6H,4-5,7-8H2,(H,14,15)/t12-/m1/s1. The minimum Gasteiger partial charge on any atom is -0.481 e. The fourth-order valence-corrected chi connectivity index (χ4v) is 2.24. The van der Waals surface area contributed by atoms with Crippen molar-refractivity contribution in [1.29, 1.82) is 0 Å². The molecule has 16 heavy (non-hydrogen) atoms. The summed E-state index contributed by atoms with van der Waals surface area (Å²) in [6.07, 6.45) is 1.04. The number of hydrogen-bond donors (Lipinski definition) is 1. The van der Waals surface area contributed by atoms with Gasteiger partial charge < -0.3 is 9.84 Å². The summed E-state index contributed by atoms with van der Waals surface area (Å²) < 4.78 is 5.21. The Balaban J connectivity index is 2.21. The van der Waals surface area contributed by atoms with Crippen LogP contribution in [-0.2, 0) is 16.0 Å². The van der Waals surface area contributed by atoms with Gasteiger partial charge in [0, 0.05) is 11.6 Å². The summed E-state index contributed by atoms with van der Waals surface area (Å²) in [4.78, 5) is 11.3. The lowest BCUT2D eigenvalue weighted by atomic mass is 9.81. The van der Waals surface area contributed by atoms with Crippen LogP contribution < -0.4 is 0 Å². The molecule has 1 N–H and O–H groups in total. The Bertz CT molecular complexity index is 397. The summed E-state index contributed by atoms with van der Waals surface area (Å²) in [5.74, 6) is -0.787. The zero-order valence-corrected chi connectivity index (χ0v) is 9.54. The highest BCUT2D eigenvalue weighted by molar-refractivity contribution is 6.30. The Kier molecular flexibility index (Phi) is 3.17. The smallest absolute Gasteiger partial charge is 0.312 e. The van der Waals surface area contributed by atoms with Gasteiger partial charge in [-0.3, -0.25) is 4.79 Å². The van der Waals surface area contributed by atoms with Crippen molar-refractivity contribution >= 4 is 17.6 Å². The number of rotatable bonds is 3. The molecule has 0 aromatic heterocycles. The second kappa shape index (κ2) is 4.44. The third-order valence-corrected chi connectivity index (χ3v) is 3.22. The Hall–Kier alpha value is -1.06. The normalized spacial score (nSPS) is 24.6. The van der Waals surface area contributed by atoms with Gasteiger partial charge in [0.05, 0.1) is 12.0 Å². The molecule has 1 aromatic rings. The van der Waals surface area contributed by atoms with E-state index in [2.05, 4.69) is 0 Å². The Labute approximate surface area is 99.0 Å². The molecule has 4 heteroatoms. The molecule has 3 nitrogen and oxygen atoms in total. The molecule has 0 bridgehead atoms. The lowest BCUT2D eigenvalue weighted by molar-refractivity contribution is -0.148. The summed E-state index contributed by atoms with van der Waals surface area (Å²) in [5.41, 5.74) is 0.172. The number of carboxylic acid groups (broad SMARTS) is 1. The molecule has 0 saturated carbocycles. The Morgan fingerprint density at radius 1 is 1.56 bits per heavy atom. The molecule has 2 rings (SSSR count). The fourth-order valence-electron chi connectivity index (χ4n) is 2.03. The van der Waals surface area contributed by atoms with Crippen LogP contribution in [0.15, 0.2) is 24.3 Å². The van der Waals surface area contributed by atoms with E-state index in [0.717, 1.165) is 5.56 Å². The van der Waals surface area contributed by atoms with Gasteiger partial charge in [0.15, 0.2) is 0 Å². The Morgan fingerprint density at radius 3 is 2.94 bits per heavy atom. The minimum absolute atomic E-state index is 0.287. The van der Waals surface area contributed by atoms with E-state index in [-0.39, 0.29) is 6.61 Å². The topological polar surface area (TPSA) is 46.5 Å². The number of benzene rings is 1. The van der Waals surface area contributed by atoms with Crippen molar-refractivity contribution in [2.45, 2.75) is 12.8 Å². The lowest BCUT2D eigenvalue weighted by Gasteiger charge is -2.21. The largest absolute Gasteiger partial charge is 0.481 e. The van der Waals surface area contributed by atoms with Gasteiger partial charge in [0.2, 0.25) is 0 Å². The quantitative estimate of drug-likeness (QED) is 0.882. The number of hydrogen-bond acceptors (Lipinski definition) is 2. The van der Waals surface area contributed by atoms with E-state index in [1.165, 1.54) is 0 Å². The fraction of sp³-hybridized carbons (Fsp3) is 0.417. The van der Waals surface area contributed by atoms with E-state index < -0.39 is 11.4 Å². The predicted octanol–water partition coefficient (Wildman–Crippen LogP) is 2.37. The SMILES string of the molecule is O=C(O)[C@@]1(Cc2cccc(Cl)c2)CCOC1. The molecule has 0 aliphatic carbocycles. The van der Waals surface area contributed by atoms with Crippen LogP contribution in [0.4, 0.5) is 0 Å². The van der Waals surface area contributed by atoms with Crippen LogP contribution >= 0.6 is 11.6 Å². The highest BCUT2D eigenvalue weighted by Crippen LogP contribution is 2.33. The molecule has 0 radical (unpaired) electrons.